The van der Waals surface area contributed by atoms with Crippen LogP contribution in [-0.2, 0) is 10.0 Å². The van der Waals surface area contributed by atoms with Crippen molar-refractivity contribution in [3.8, 4) is 0 Å². The summed E-state index contributed by atoms with van der Waals surface area (Å²) in [5, 5.41) is 3.81. The number of carbonyl (C=O) groups excluding carboxylic acids is 1. The van der Waals surface area contributed by atoms with Crippen LogP contribution in [0.3, 0.4) is 0 Å². The molecule has 1 N–H and O–H groups in total. The van der Waals surface area contributed by atoms with Gasteiger partial charge in [0, 0.05) is 19.1 Å². The van der Waals surface area contributed by atoms with Gasteiger partial charge in [0.1, 0.15) is 11.3 Å². The predicted octanol–water partition coefficient (Wildman–Crippen LogP) is 0.835. The molecule has 7 nitrogen and oxygen atoms in total. The van der Waals surface area contributed by atoms with Gasteiger partial charge in [0.05, 0.1) is 11.9 Å². The van der Waals surface area contributed by atoms with E-state index < -0.39 is 10.0 Å². The molecule has 118 valence electrons. The summed E-state index contributed by atoms with van der Waals surface area (Å²) in [6.07, 6.45) is 3.82. The Morgan fingerprint density at radius 1 is 1.43 bits per heavy atom. The number of aryl methyl sites for hydroxylation is 2. The molecule has 0 unspecified atom stereocenters. The number of amides is 1. The molecule has 21 heavy (non-hydrogen) atoms. The van der Waals surface area contributed by atoms with Crippen LogP contribution >= 0.6 is 0 Å². The van der Waals surface area contributed by atoms with Gasteiger partial charge in [0.25, 0.3) is 5.91 Å². The van der Waals surface area contributed by atoms with Gasteiger partial charge >= 0.3 is 0 Å². The molecule has 1 atom stereocenters. The second-order valence-corrected chi connectivity index (χ2v) is 7.30. The van der Waals surface area contributed by atoms with Crippen LogP contribution in [0.2, 0.25) is 0 Å². The number of rotatable bonds is 4. The first-order chi connectivity index (χ1) is 9.79. The van der Waals surface area contributed by atoms with Gasteiger partial charge in [-0.3, -0.25) is 4.79 Å². The Hall–Kier alpha value is -1.41. The van der Waals surface area contributed by atoms with Crippen molar-refractivity contribution in [1.29, 1.82) is 0 Å². The van der Waals surface area contributed by atoms with Crippen LogP contribution in [0.1, 0.15) is 41.1 Å². The molecule has 1 aromatic heterocycles. The molecule has 8 heteroatoms. The van der Waals surface area contributed by atoms with Crippen molar-refractivity contribution in [3.05, 3.63) is 17.0 Å². The first kappa shape index (κ1) is 16.0. The van der Waals surface area contributed by atoms with E-state index in [1.807, 2.05) is 0 Å². The van der Waals surface area contributed by atoms with Crippen LogP contribution in [0.15, 0.2) is 4.52 Å². The average molecular weight is 315 g/mol. The molecule has 1 amide bonds. The Labute approximate surface area is 124 Å². The topological polar surface area (TPSA) is 92.5 Å². The second-order valence-electron chi connectivity index (χ2n) is 5.47. The number of hydrogen-bond acceptors (Lipinski definition) is 5. The van der Waals surface area contributed by atoms with Crippen molar-refractivity contribution in [2.45, 2.75) is 39.2 Å². The van der Waals surface area contributed by atoms with E-state index in [0.29, 0.717) is 23.6 Å². The summed E-state index contributed by atoms with van der Waals surface area (Å²) < 4.78 is 30.0. The number of nitrogens with one attached hydrogen (secondary N) is 1. The highest BCUT2D eigenvalue weighted by molar-refractivity contribution is 7.88. The number of hydrogen-bond donors (Lipinski definition) is 1. The Bertz CT molecular complexity index is 604. The van der Waals surface area contributed by atoms with Crippen molar-refractivity contribution in [2.24, 2.45) is 0 Å². The van der Waals surface area contributed by atoms with Gasteiger partial charge in [0.2, 0.25) is 10.0 Å². The van der Waals surface area contributed by atoms with E-state index in [9.17, 15) is 13.2 Å². The molecule has 0 bridgehead atoms. The molecule has 0 saturated carbocycles. The van der Waals surface area contributed by atoms with Crippen molar-refractivity contribution in [2.75, 3.05) is 19.3 Å². The van der Waals surface area contributed by atoms with Gasteiger partial charge in [-0.1, -0.05) is 5.16 Å². The summed E-state index contributed by atoms with van der Waals surface area (Å²) in [6.45, 7) is 4.31. The fourth-order valence-electron chi connectivity index (χ4n) is 2.66. The second kappa shape index (κ2) is 6.15. The van der Waals surface area contributed by atoms with Gasteiger partial charge in [-0.25, -0.2) is 13.1 Å². The lowest BCUT2D eigenvalue weighted by Gasteiger charge is -2.35. The summed E-state index contributed by atoms with van der Waals surface area (Å²) in [4.78, 5) is 14.4. The number of nitrogens with zero attached hydrogens (tertiary/aromatic N) is 2. The summed E-state index contributed by atoms with van der Waals surface area (Å²) in [7, 11) is -3.26. The zero-order chi connectivity index (χ0) is 15.6. The summed E-state index contributed by atoms with van der Waals surface area (Å²) >= 11 is 0. The molecule has 2 rings (SSSR count). The zero-order valence-electron chi connectivity index (χ0n) is 12.5. The van der Waals surface area contributed by atoms with Gasteiger partial charge in [-0.2, -0.15) is 0 Å². The minimum Gasteiger partial charge on any atom is -0.361 e. The SMILES string of the molecule is Cc1noc(C)c1C(=O)N1CCCC[C@H]1CNS(C)(=O)=O. The zero-order valence-corrected chi connectivity index (χ0v) is 13.4. The lowest BCUT2D eigenvalue weighted by molar-refractivity contribution is 0.0616. The number of carbonyl (C=O) groups is 1. The molecular weight excluding hydrogens is 294 g/mol. The first-order valence-corrected chi connectivity index (χ1v) is 8.87. The molecule has 1 aliphatic rings. The number of likely N-dealkylation sites (tertiary alicyclic amines) is 1. The largest absolute Gasteiger partial charge is 0.361 e. The van der Waals surface area contributed by atoms with E-state index in [4.69, 9.17) is 4.52 Å². The van der Waals surface area contributed by atoms with Gasteiger partial charge in [-0.15, -0.1) is 0 Å². The average Bonchev–Trinajstić information content (AvgIpc) is 2.75. The summed E-state index contributed by atoms with van der Waals surface area (Å²) in [5.74, 6) is 0.365. The summed E-state index contributed by atoms with van der Waals surface area (Å²) in [6, 6.07) is -0.130. The number of piperidine rings is 1. The molecule has 1 fully saturated rings. The van der Waals surface area contributed by atoms with Gasteiger partial charge in [-0.05, 0) is 33.1 Å². The predicted molar refractivity (Wildman–Crippen MR) is 77.5 cm³/mol. The van der Waals surface area contributed by atoms with E-state index >= 15 is 0 Å². The van der Waals surface area contributed by atoms with E-state index in [0.717, 1.165) is 25.5 Å². The van der Waals surface area contributed by atoms with Gasteiger partial charge in [0.15, 0.2) is 0 Å². The molecule has 0 aliphatic carbocycles. The molecule has 0 spiro atoms. The molecule has 1 aliphatic heterocycles. The van der Waals surface area contributed by atoms with E-state index in [1.165, 1.54) is 0 Å². The van der Waals surface area contributed by atoms with Crippen LogP contribution in [0, 0.1) is 13.8 Å². The first-order valence-electron chi connectivity index (χ1n) is 6.98. The maximum Gasteiger partial charge on any atom is 0.259 e. The highest BCUT2D eigenvalue weighted by atomic mass is 32.2. The van der Waals surface area contributed by atoms with Gasteiger partial charge < -0.3 is 9.42 Å². The van der Waals surface area contributed by atoms with Crippen LogP contribution in [0.5, 0.6) is 0 Å². The van der Waals surface area contributed by atoms with E-state index in [1.54, 1.807) is 18.7 Å². The minimum atomic E-state index is -3.26. The van der Waals surface area contributed by atoms with Crippen LogP contribution in [0.25, 0.3) is 0 Å². The molecular formula is C13H21N3O4S. The van der Waals surface area contributed by atoms with Crippen LogP contribution in [0.4, 0.5) is 0 Å². The standard InChI is InChI=1S/C13H21N3O4S/c1-9-12(10(2)20-15-9)13(17)16-7-5-4-6-11(16)8-14-21(3,18)19/h11,14H,4-8H2,1-3H3/t11-/m0/s1. The highest BCUT2D eigenvalue weighted by Gasteiger charge is 2.31. The van der Waals surface area contributed by atoms with Crippen molar-refractivity contribution < 1.29 is 17.7 Å². The summed E-state index contributed by atoms with van der Waals surface area (Å²) in [5.41, 5.74) is 1.05. The fraction of sp³-hybridized carbons (Fsp3) is 0.692. The number of sulfonamides is 1. The molecule has 0 aromatic carbocycles. The smallest absolute Gasteiger partial charge is 0.259 e. The Morgan fingerprint density at radius 3 is 2.71 bits per heavy atom. The Kier molecular flexibility index (Phi) is 4.67. The Balaban J connectivity index is 2.17. The third-order valence-electron chi connectivity index (χ3n) is 3.72. The molecule has 1 saturated heterocycles. The lowest BCUT2D eigenvalue weighted by atomic mass is 10.0. The fourth-order valence-corrected chi connectivity index (χ4v) is 3.15. The maximum absolute atomic E-state index is 12.7. The normalized spacial score (nSPS) is 19.8. The molecule has 0 radical (unpaired) electrons. The monoisotopic (exact) mass is 315 g/mol. The molecule has 1 aromatic rings. The van der Waals surface area contributed by atoms with Crippen molar-refractivity contribution in [1.82, 2.24) is 14.8 Å². The van der Waals surface area contributed by atoms with Crippen LogP contribution < -0.4 is 4.72 Å². The minimum absolute atomic E-state index is 0.130. The third kappa shape index (κ3) is 3.82. The molecule has 2 heterocycles. The van der Waals surface area contributed by atoms with Crippen molar-refractivity contribution in [3.63, 3.8) is 0 Å². The van der Waals surface area contributed by atoms with Crippen molar-refractivity contribution >= 4 is 15.9 Å². The highest BCUT2D eigenvalue weighted by Crippen LogP contribution is 2.22. The maximum atomic E-state index is 12.7. The quantitative estimate of drug-likeness (QED) is 0.888. The van der Waals surface area contributed by atoms with Crippen LogP contribution in [-0.4, -0.2) is 49.8 Å². The van der Waals surface area contributed by atoms with E-state index in [-0.39, 0.29) is 18.5 Å². The third-order valence-corrected chi connectivity index (χ3v) is 4.41. The Morgan fingerprint density at radius 2 is 2.14 bits per heavy atom. The number of aromatic nitrogens is 1. The van der Waals surface area contributed by atoms with E-state index in [2.05, 4.69) is 9.88 Å². The lowest BCUT2D eigenvalue weighted by Crippen LogP contribution is -2.49.